The first-order chi connectivity index (χ1) is 21.9. The third kappa shape index (κ3) is 11.6. The smallest absolute Gasteiger partial charge is 0.426 e. The quantitative estimate of drug-likeness (QED) is 0.0528. The zero-order chi connectivity index (χ0) is 36.2. The molecule has 0 aromatic heterocycles. The molecule has 5 N–H and O–H groups in total. The summed E-state index contributed by atoms with van der Waals surface area (Å²) in [6, 6.07) is 2.71. The first kappa shape index (κ1) is 45.0. The zero-order valence-electron chi connectivity index (χ0n) is 26.5. The minimum Gasteiger partial charge on any atom is -0.443 e. The van der Waals surface area contributed by atoms with Crippen LogP contribution < -0.4 is 22.1 Å². The molecule has 19 heteroatoms. The van der Waals surface area contributed by atoms with Gasteiger partial charge in [-0.3, -0.25) is 20.4 Å². The van der Waals surface area contributed by atoms with Gasteiger partial charge < -0.3 is 14.2 Å². The molecule has 2 aromatic carbocycles. The van der Waals surface area contributed by atoms with E-state index in [0.717, 1.165) is 7.11 Å². The maximum atomic E-state index is 13.7. The Labute approximate surface area is 289 Å². The molecule has 0 aliphatic carbocycles. The number of rotatable bonds is 12. The number of hydrogen-bond acceptors (Lipinski definition) is 7. The molecule has 2 rings (SSSR count). The van der Waals surface area contributed by atoms with Gasteiger partial charge in [0, 0.05) is 26.0 Å². The van der Waals surface area contributed by atoms with E-state index < -0.39 is 69.6 Å². The highest BCUT2D eigenvalue weighted by molar-refractivity contribution is 6.18. The number of carbonyl (C=O) groups is 3. The third-order valence-electron chi connectivity index (χ3n) is 6.46. The predicted molar refractivity (Wildman–Crippen MR) is 167 cm³/mol. The third-order valence-corrected chi connectivity index (χ3v) is 7.00. The van der Waals surface area contributed by atoms with Crippen LogP contribution in [0, 0.1) is 34.9 Å². The van der Waals surface area contributed by atoms with Crippen LogP contribution in [0.25, 0.3) is 0 Å². The number of alkyl halides is 2. The van der Waals surface area contributed by atoms with Gasteiger partial charge in [-0.15, -0.1) is 35.6 Å². The molecule has 0 heterocycles. The van der Waals surface area contributed by atoms with Crippen LogP contribution in [-0.2, 0) is 35.0 Å². The van der Waals surface area contributed by atoms with E-state index >= 15 is 0 Å². The molecule has 0 aliphatic heterocycles. The van der Waals surface area contributed by atoms with Crippen molar-refractivity contribution in [1.82, 2.24) is 16.3 Å². The highest BCUT2D eigenvalue weighted by atomic mass is 35.5. The monoisotopic (exact) mass is 756 g/mol. The molecule has 48 heavy (non-hydrogen) atoms. The van der Waals surface area contributed by atoms with Crippen molar-refractivity contribution in [2.24, 2.45) is 5.84 Å². The zero-order valence-corrected chi connectivity index (χ0v) is 28.8. The van der Waals surface area contributed by atoms with Crippen LogP contribution >= 0.6 is 35.6 Å². The van der Waals surface area contributed by atoms with Gasteiger partial charge in [-0.25, -0.2) is 42.4 Å². The van der Waals surface area contributed by atoms with Gasteiger partial charge in [-0.2, -0.15) is 0 Å². The van der Waals surface area contributed by atoms with E-state index in [-0.39, 0.29) is 54.6 Å². The average Bonchev–Trinajstić information content (AvgIpc) is 3.01. The first-order valence-electron chi connectivity index (χ1n) is 13.7. The van der Waals surface area contributed by atoms with Gasteiger partial charge in [0.2, 0.25) is 0 Å². The molecule has 2 aromatic rings. The lowest BCUT2D eigenvalue weighted by Crippen LogP contribution is -2.53. The molecule has 0 spiro atoms. The molecule has 3 amide bonds. The van der Waals surface area contributed by atoms with E-state index in [1.165, 1.54) is 7.11 Å². The summed E-state index contributed by atoms with van der Waals surface area (Å²) >= 11 is 11.2. The van der Waals surface area contributed by atoms with Crippen molar-refractivity contribution >= 4 is 53.5 Å². The first-order valence-corrected chi connectivity index (χ1v) is 14.8. The average molecular weight is 758 g/mol. The second-order valence-corrected chi connectivity index (χ2v) is 11.5. The van der Waals surface area contributed by atoms with Crippen LogP contribution in [0.5, 0.6) is 0 Å². The summed E-state index contributed by atoms with van der Waals surface area (Å²) in [6.07, 6.45) is -0.450. The number of nitrogens with two attached hydrogens (primary N) is 1. The Hall–Kier alpha value is -3.02. The summed E-state index contributed by atoms with van der Waals surface area (Å²) in [4.78, 5) is 36.3. The minimum atomic E-state index is -1.92. The Balaban J connectivity index is 0.000000940. The standard InChI is InChI=1S/C17H22ClF3N2O4.C12H14ClF3N2O2.ClH/c1-16(2,3)27-15(25)23-22-14(24)17(26-4,6-5-7-18)10-8-11(19)13(21)12(20)9-10;1-20-12(3-2-4-13,11(19)18-17)7-5-8(14)10(16)9(15)6-7;/h8-9H,5-7H2,1-4H3,(H,22,24)(H,23,25);5-6H,2-4,17H2,1H3,(H,18,19);1H. The lowest BCUT2D eigenvalue weighted by Gasteiger charge is -2.31. The fourth-order valence-electron chi connectivity index (χ4n) is 4.24. The Morgan fingerprint density at radius 3 is 1.35 bits per heavy atom. The molecule has 0 saturated carbocycles. The van der Waals surface area contributed by atoms with Crippen LogP contribution in [-0.4, -0.2) is 49.5 Å². The van der Waals surface area contributed by atoms with Gasteiger partial charge in [-0.1, -0.05) is 0 Å². The maximum Gasteiger partial charge on any atom is 0.426 e. The Morgan fingerprint density at radius 1 is 0.708 bits per heavy atom. The van der Waals surface area contributed by atoms with Crippen molar-refractivity contribution in [2.75, 3.05) is 26.0 Å². The number of methoxy groups -OCH3 is 2. The van der Waals surface area contributed by atoms with E-state index in [0.29, 0.717) is 30.7 Å². The van der Waals surface area contributed by atoms with Crippen molar-refractivity contribution in [3.63, 3.8) is 0 Å². The number of halogens is 9. The van der Waals surface area contributed by atoms with Gasteiger partial charge in [0.25, 0.3) is 11.8 Å². The largest absolute Gasteiger partial charge is 0.443 e. The van der Waals surface area contributed by atoms with Crippen LogP contribution in [0.2, 0.25) is 0 Å². The molecule has 0 bridgehead atoms. The van der Waals surface area contributed by atoms with Crippen LogP contribution in [0.15, 0.2) is 24.3 Å². The molecule has 0 radical (unpaired) electrons. The molecule has 0 aliphatic rings. The lowest BCUT2D eigenvalue weighted by molar-refractivity contribution is -0.147. The summed E-state index contributed by atoms with van der Waals surface area (Å²) in [5, 5.41) is 0. The summed E-state index contributed by atoms with van der Waals surface area (Å²) in [5.41, 5.74) is 1.08. The lowest BCUT2D eigenvalue weighted by atomic mass is 9.88. The summed E-state index contributed by atoms with van der Waals surface area (Å²) < 4.78 is 95.7. The van der Waals surface area contributed by atoms with E-state index in [2.05, 4.69) is 5.43 Å². The summed E-state index contributed by atoms with van der Waals surface area (Å²) in [5.74, 6) is -5.44. The van der Waals surface area contributed by atoms with Gasteiger partial charge in [0.05, 0.1) is 0 Å². The second-order valence-electron chi connectivity index (χ2n) is 10.7. The summed E-state index contributed by atoms with van der Waals surface area (Å²) in [7, 11) is 2.32. The second kappa shape index (κ2) is 19.8. The van der Waals surface area contributed by atoms with E-state index in [1.54, 1.807) is 20.8 Å². The van der Waals surface area contributed by atoms with Crippen molar-refractivity contribution in [2.45, 2.75) is 63.3 Å². The fourth-order valence-corrected chi connectivity index (χ4v) is 4.51. The molecular formula is C29H37Cl3F6N4O6. The van der Waals surface area contributed by atoms with E-state index in [4.69, 9.17) is 43.3 Å². The SMILES string of the molecule is COC(CCCCl)(C(=O)NN)c1cc(F)c(F)c(F)c1.COC(CCCCl)(C(=O)NNC(=O)OC(C)(C)C)c1cc(F)c(F)c(F)c1.Cl. The number of hydrazine groups is 2. The van der Waals surface area contributed by atoms with E-state index in [1.807, 2.05) is 10.9 Å². The molecule has 2 unspecified atom stereocenters. The Kier molecular flexibility index (Phi) is 18.6. The fraction of sp³-hybridized carbons (Fsp3) is 0.483. The Morgan fingerprint density at radius 2 is 1.06 bits per heavy atom. The highest BCUT2D eigenvalue weighted by Crippen LogP contribution is 2.34. The van der Waals surface area contributed by atoms with Gasteiger partial charge in [0.1, 0.15) is 5.60 Å². The van der Waals surface area contributed by atoms with Gasteiger partial charge >= 0.3 is 6.09 Å². The minimum absolute atomic E-state index is 0. The maximum absolute atomic E-state index is 13.7. The molecule has 272 valence electrons. The van der Waals surface area contributed by atoms with Crippen LogP contribution in [0.3, 0.4) is 0 Å². The number of amides is 3. The van der Waals surface area contributed by atoms with Crippen molar-refractivity contribution in [3.8, 4) is 0 Å². The topological polar surface area (TPSA) is 141 Å². The van der Waals surface area contributed by atoms with Crippen LogP contribution in [0.4, 0.5) is 31.1 Å². The number of carbonyl (C=O) groups excluding carboxylic acids is 3. The number of benzene rings is 2. The van der Waals surface area contributed by atoms with E-state index in [9.17, 15) is 40.7 Å². The Bertz CT molecular complexity index is 1360. The van der Waals surface area contributed by atoms with Gasteiger partial charge in [0.15, 0.2) is 46.1 Å². The molecule has 0 saturated heterocycles. The van der Waals surface area contributed by atoms with Gasteiger partial charge in [-0.05, 0) is 81.8 Å². The highest BCUT2D eigenvalue weighted by Gasteiger charge is 2.42. The number of nitrogens with one attached hydrogen (secondary N) is 3. The van der Waals surface area contributed by atoms with Crippen LogP contribution in [0.1, 0.15) is 57.6 Å². The molecule has 2 atom stereocenters. The summed E-state index contributed by atoms with van der Waals surface area (Å²) in [6.45, 7) is 4.87. The number of hydrogen-bond donors (Lipinski definition) is 4. The molecule has 10 nitrogen and oxygen atoms in total. The van der Waals surface area contributed by atoms with Crippen molar-refractivity contribution < 1.29 is 54.9 Å². The normalized spacial score (nSPS) is 13.5. The van der Waals surface area contributed by atoms with Crippen molar-refractivity contribution in [3.05, 3.63) is 70.3 Å². The molecule has 0 fully saturated rings. The number of ether oxygens (including phenoxy) is 3. The van der Waals surface area contributed by atoms with Crippen molar-refractivity contribution in [1.29, 1.82) is 0 Å². The predicted octanol–water partition coefficient (Wildman–Crippen LogP) is 5.90. The molecular weight excluding hydrogens is 721 g/mol.